The highest BCUT2D eigenvalue weighted by molar-refractivity contribution is 5.09. The number of rotatable bonds is 2. The van der Waals surface area contributed by atoms with Gasteiger partial charge in [0.25, 0.3) is 0 Å². The van der Waals surface area contributed by atoms with Gasteiger partial charge in [0.1, 0.15) is 0 Å². The maximum atomic E-state index is 9.19. The highest BCUT2D eigenvalue weighted by Crippen LogP contribution is 2.22. The van der Waals surface area contributed by atoms with E-state index in [0.29, 0.717) is 6.04 Å². The topological polar surface area (TPSA) is 41.3 Å². The van der Waals surface area contributed by atoms with Crippen LogP contribution in [0.5, 0.6) is 5.75 Å². The van der Waals surface area contributed by atoms with Gasteiger partial charge >= 0.3 is 0 Å². The van der Waals surface area contributed by atoms with E-state index in [1.54, 1.807) is 6.20 Å². The fourth-order valence-electron chi connectivity index (χ4n) is 2.03. The predicted molar refractivity (Wildman–Crippen MR) is 54.3 cm³/mol. The minimum absolute atomic E-state index is 0.267. The van der Waals surface area contributed by atoms with Gasteiger partial charge in [0.05, 0.1) is 18.4 Å². The van der Waals surface area contributed by atoms with Crippen molar-refractivity contribution in [2.45, 2.75) is 25.8 Å². The van der Waals surface area contributed by atoms with E-state index < -0.39 is 0 Å². The molecule has 78 valence electrons. The van der Waals surface area contributed by atoms with Crippen LogP contribution in [0.25, 0.3) is 0 Å². The average Bonchev–Trinajstić information content (AvgIpc) is 2.65. The normalized spacial score (nSPS) is 20.1. The van der Waals surface area contributed by atoms with E-state index in [2.05, 4.69) is 16.9 Å². The molecule has 1 saturated heterocycles. The largest absolute Gasteiger partial charge is 0.505 e. The Kier molecular flexibility index (Phi) is 2.72. The number of nitrogens with zero attached hydrogens (tertiary/aromatic N) is 3. The van der Waals surface area contributed by atoms with E-state index in [1.807, 2.05) is 4.68 Å². The molecule has 1 aliphatic rings. The van der Waals surface area contributed by atoms with Gasteiger partial charge in [-0.3, -0.25) is 4.68 Å². The summed E-state index contributed by atoms with van der Waals surface area (Å²) in [7, 11) is 0. The van der Waals surface area contributed by atoms with E-state index in [1.165, 1.54) is 6.20 Å². The van der Waals surface area contributed by atoms with Crippen LogP contribution in [0.3, 0.4) is 0 Å². The minimum atomic E-state index is 0.267. The van der Waals surface area contributed by atoms with Crippen molar-refractivity contribution < 1.29 is 5.11 Å². The summed E-state index contributed by atoms with van der Waals surface area (Å²) < 4.78 is 1.89. The molecular formula is C10H17N3O. The van der Waals surface area contributed by atoms with Gasteiger partial charge in [-0.05, 0) is 19.4 Å². The zero-order valence-corrected chi connectivity index (χ0v) is 8.56. The lowest BCUT2D eigenvalue weighted by molar-refractivity contribution is 0.187. The van der Waals surface area contributed by atoms with Gasteiger partial charge in [-0.15, -0.1) is 0 Å². The second-order valence-electron chi connectivity index (χ2n) is 3.84. The molecule has 14 heavy (non-hydrogen) atoms. The molecule has 0 bridgehead atoms. The number of piperidine rings is 1. The summed E-state index contributed by atoms with van der Waals surface area (Å²) >= 11 is 0. The second-order valence-corrected chi connectivity index (χ2v) is 3.84. The Bertz CT molecular complexity index is 289. The lowest BCUT2D eigenvalue weighted by atomic mass is 10.1. The summed E-state index contributed by atoms with van der Waals surface area (Å²) in [6.07, 6.45) is 5.49. The Morgan fingerprint density at radius 2 is 2.21 bits per heavy atom. The van der Waals surface area contributed by atoms with Crippen LogP contribution >= 0.6 is 0 Å². The average molecular weight is 195 g/mol. The van der Waals surface area contributed by atoms with Crippen molar-refractivity contribution >= 4 is 0 Å². The highest BCUT2D eigenvalue weighted by atomic mass is 16.3. The second kappa shape index (κ2) is 4.00. The van der Waals surface area contributed by atoms with E-state index in [-0.39, 0.29) is 5.75 Å². The smallest absolute Gasteiger partial charge is 0.153 e. The zero-order valence-electron chi connectivity index (χ0n) is 8.56. The summed E-state index contributed by atoms with van der Waals surface area (Å²) in [4.78, 5) is 2.44. The molecule has 0 aromatic carbocycles. The predicted octanol–water partition coefficient (Wildman–Crippen LogP) is 1.25. The van der Waals surface area contributed by atoms with Gasteiger partial charge in [0.15, 0.2) is 5.75 Å². The number of hydrogen-bond acceptors (Lipinski definition) is 3. The number of likely N-dealkylation sites (tertiary alicyclic amines) is 1. The van der Waals surface area contributed by atoms with Gasteiger partial charge in [0, 0.05) is 13.1 Å². The first kappa shape index (κ1) is 9.52. The minimum Gasteiger partial charge on any atom is -0.505 e. The summed E-state index contributed by atoms with van der Waals surface area (Å²) in [5.41, 5.74) is 0. The van der Waals surface area contributed by atoms with Crippen LogP contribution < -0.4 is 0 Å². The van der Waals surface area contributed by atoms with Crippen LogP contribution in [0.15, 0.2) is 12.4 Å². The Balaban J connectivity index is 1.95. The van der Waals surface area contributed by atoms with Crippen LogP contribution in [0.1, 0.15) is 25.8 Å². The van der Waals surface area contributed by atoms with E-state index >= 15 is 0 Å². The third kappa shape index (κ3) is 1.90. The molecule has 0 spiro atoms. The Labute approximate surface area is 84.1 Å². The maximum absolute atomic E-state index is 9.19. The van der Waals surface area contributed by atoms with Gasteiger partial charge in [-0.2, -0.15) is 5.10 Å². The van der Waals surface area contributed by atoms with Crippen molar-refractivity contribution in [3.63, 3.8) is 0 Å². The van der Waals surface area contributed by atoms with Crippen molar-refractivity contribution in [1.29, 1.82) is 0 Å². The molecule has 1 N–H and O–H groups in total. The zero-order chi connectivity index (χ0) is 9.97. The lowest BCUT2D eigenvalue weighted by Crippen LogP contribution is -2.34. The lowest BCUT2D eigenvalue weighted by Gasteiger charge is -2.30. The molecule has 1 aliphatic heterocycles. The molecule has 0 atom stereocenters. The molecule has 1 aromatic heterocycles. The molecule has 2 rings (SSSR count). The van der Waals surface area contributed by atoms with Crippen molar-refractivity contribution in [2.24, 2.45) is 0 Å². The van der Waals surface area contributed by atoms with Crippen LogP contribution in [-0.4, -0.2) is 39.4 Å². The number of aromatic hydroxyl groups is 1. The molecule has 0 amide bonds. The third-order valence-corrected chi connectivity index (χ3v) is 2.97. The first-order chi connectivity index (χ1) is 6.79. The third-order valence-electron chi connectivity index (χ3n) is 2.97. The Morgan fingerprint density at radius 1 is 1.50 bits per heavy atom. The first-order valence-corrected chi connectivity index (χ1v) is 5.25. The standard InChI is InChI=1S/C10H17N3O/c1-2-12-5-3-9(4-6-12)13-8-10(14)7-11-13/h7-9,14H,2-6H2,1H3. The quantitative estimate of drug-likeness (QED) is 0.772. The molecule has 0 saturated carbocycles. The fraction of sp³-hybridized carbons (Fsp3) is 0.700. The van der Waals surface area contributed by atoms with Gasteiger partial charge in [-0.1, -0.05) is 6.92 Å². The van der Waals surface area contributed by atoms with Crippen molar-refractivity contribution in [3.05, 3.63) is 12.4 Å². The molecular weight excluding hydrogens is 178 g/mol. The monoisotopic (exact) mass is 195 g/mol. The van der Waals surface area contributed by atoms with Crippen LogP contribution in [0, 0.1) is 0 Å². The SMILES string of the molecule is CCN1CCC(n2cc(O)cn2)CC1. The van der Waals surface area contributed by atoms with Gasteiger partial charge in [-0.25, -0.2) is 0 Å². The van der Waals surface area contributed by atoms with Crippen molar-refractivity contribution in [1.82, 2.24) is 14.7 Å². The van der Waals surface area contributed by atoms with Crippen LogP contribution in [0.2, 0.25) is 0 Å². The Hall–Kier alpha value is -1.03. The molecule has 0 radical (unpaired) electrons. The van der Waals surface area contributed by atoms with E-state index in [9.17, 15) is 5.11 Å². The molecule has 1 fully saturated rings. The molecule has 0 aliphatic carbocycles. The number of aromatic nitrogens is 2. The molecule has 0 unspecified atom stereocenters. The van der Waals surface area contributed by atoms with E-state index in [4.69, 9.17) is 0 Å². The highest BCUT2D eigenvalue weighted by Gasteiger charge is 2.19. The molecule has 2 heterocycles. The van der Waals surface area contributed by atoms with Crippen molar-refractivity contribution in [3.8, 4) is 5.75 Å². The maximum Gasteiger partial charge on any atom is 0.153 e. The summed E-state index contributed by atoms with van der Waals surface area (Å²) in [6.45, 7) is 5.61. The van der Waals surface area contributed by atoms with Crippen LogP contribution in [0.4, 0.5) is 0 Å². The summed E-state index contributed by atoms with van der Waals surface area (Å²) in [6, 6.07) is 0.471. The molecule has 4 nitrogen and oxygen atoms in total. The summed E-state index contributed by atoms with van der Waals surface area (Å²) in [5, 5.41) is 13.3. The molecule has 1 aromatic rings. The van der Waals surface area contributed by atoms with Gasteiger partial charge < -0.3 is 10.0 Å². The van der Waals surface area contributed by atoms with Crippen LogP contribution in [-0.2, 0) is 0 Å². The number of hydrogen-bond donors (Lipinski definition) is 1. The first-order valence-electron chi connectivity index (χ1n) is 5.25. The summed E-state index contributed by atoms with van der Waals surface area (Å²) in [5.74, 6) is 0.267. The van der Waals surface area contributed by atoms with Gasteiger partial charge in [0.2, 0.25) is 0 Å². The Morgan fingerprint density at radius 3 is 2.71 bits per heavy atom. The molecule has 4 heteroatoms. The van der Waals surface area contributed by atoms with Crippen molar-refractivity contribution in [2.75, 3.05) is 19.6 Å². The fourth-order valence-corrected chi connectivity index (χ4v) is 2.03. The van der Waals surface area contributed by atoms with E-state index in [0.717, 1.165) is 32.5 Å².